The topological polar surface area (TPSA) is 46.7 Å². The second-order valence-electron chi connectivity index (χ2n) is 12.3. The van der Waals surface area contributed by atoms with Gasteiger partial charge < -0.3 is 14.5 Å². The van der Waals surface area contributed by atoms with Gasteiger partial charge in [0.15, 0.2) is 0 Å². The van der Waals surface area contributed by atoms with E-state index in [4.69, 9.17) is 4.74 Å². The molecule has 1 aromatic carbocycles. The highest BCUT2D eigenvalue weighted by atomic mass is 19.3. The maximum absolute atomic E-state index is 15.1. The van der Waals surface area contributed by atoms with E-state index in [1.165, 1.54) is 6.42 Å². The average molecular weight is 563 g/mol. The fourth-order valence-electron chi connectivity index (χ4n) is 6.98. The van der Waals surface area contributed by atoms with E-state index in [1.807, 2.05) is 39.8 Å². The van der Waals surface area contributed by atoms with E-state index in [1.54, 1.807) is 25.7 Å². The van der Waals surface area contributed by atoms with Crippen LogP contribution in [0.5, 0.6) is 0 Å². The zero-order valence-electron chi connectivity index (χ0n) is 24.6. The van der Waals surface area contributed by atoms with Gasteiger partial charge in [0.25, 0.3) is 5.92 Å². The average Bonchev–Trinajstić information content (AvgIpc) is 3.50. The molecule has 217 valence electrons. The van der Waals surface area contributed by atoms with Crippen molar-refractivity contribution in [2.45, 2.75) is 69.9 Å². The van der Waals surface area contributed by atoms with Gasteiger partial charge in [-0.3, -0.25) is 4.90 Å². The number of ether oxygens (including phenoxy) is 1. The van der Waals surface area contributed by atoms with Crippen LogP contribution in [0.15, 0.2) is 82.2 Å². The van der Waals surface area contributed by atoms with Crippen LogP contribution in [0.25, 0.3) is 0 Å². The number of nitrogens with zero attached hydrogens (tertiary/aromatic N) is 6. The van der Waals surface area contributed by atoms with Gasteiger partial charge in [-0.25, -0.2) is 13.4 Å². The van der Waals surface area contributed by atoms with Gasteiger partial charge in [0.2, 0.25) is 0 Å². The Morgan fingerprint density at radius 2 is 2.00 bits per heavy atom. The maximum atomic E-state index is 15.1. The number of rotatable bonds is 7. The number of methoxy groups -OCH3 is 1. The monoisotopic (exact) mass is 562 g/mol. The lowest BCUT2D eigenvalue weighted by Gasteiger charge is -2.47. The van der Waals surface area contributed by atoms with E-state index in [-0.39, 0.29) is 23.1 Å². The molecule has 0 spiro atoms. The lowest BCUT2D eigenvalue weighted by molar-refractivity contribution is -0.489. The molecule has 1 radical (unpaired) electrons. The fourth-order valence-corrected chi connectivity index (χ4v) is 6.98. The van der Waals surface area contributed by atoms with Crippen LogP contribution in [0.2, 0.25) is 0 Å². The number of piperidine rings is 1. The third kappa shape index (κ3) is 4.77. The van der Waals surface area contributed by atoms with Crippen molar-refractivity contribution in [1.82, 2.24) is 9.80 Å². The molecule has 1 aliphatic carbocycles. The number of fused-ring (bicyclic) bond motifs is 1. The van der Waals surface area contributed by atoms with E-state index in [0.29, 0.717) is 17.4 Å². The summed E-state index contributed by atoms with van der Waals surface area (Å²) in [6.07, 6.45) is 12.2. The number of alkyl halides is 2. The Morgan fingerprint density at radius 1 is 1.22 bits per heavy atom. The summed E-state index contributed by atoms with van der Waals surface area (Å²) < 4.78 is 37.9. The summed E-state index contributed by atoms with van der Waals surface area (Å²) in [5.74, 6) is -1.78. The first-order valence-electron chi connectivity index (χ1n) is 14.5. The standard InChI is InChI=1S/C32H40F2N6O/c1-21-9-8-12-38(17-21)22(2)24-13-28(31(4,33)34)29-19-39(23(3)40(29)18-24)26-11-7-10-25(14-26)32(15-27(16-32)41-6)30-36-35-20-37(30)5/h7,10-11,13-14,18-22,27H,3,8-9,12,15-17H2,1-2,4-6H3/q+1/t21-,22+,27?,32?/m0/s1. The van der Waals surface area contributed by atoms with E-state index >= 15 is 8.78 Å². The molecule has 6 rings (SSSR count). The molecule has 0 aromatic heterocycles. The van der Waals surface area contributed by atoms with Gasteiger partial charge in [-0.1, -0.05) is 25.6 Å². The smallest absolute Gasteiger partial charge is 0.317 e. The lowest BCUT2D eigenvalue weighted by Crippen LogP contribution is -2.51. The number of likely N-dealkylation sites (tertiary alicyclic amines) is 1. The number of hydrogen-bond donors (Lipinski definition) is 0. The Hall–Kier alpha value is -3.17. The molecule has 1 saturated heterocycles. The van der Waals surface area contributed by atoms with Crippen LogP contribution in [0.4, 0.5) is 14.5 Å². The van der Waals surface area contributed by atoms with Crippen molar-refractivity contribution in [2.24, 2.45) is 16.1 Å². The largest absolute Gasteiger partial charge is 0.381 e. The molecule has 0 N–H and O–H groups in total. The Labute approximate surface area is 241 Å². The fraction of sp³-hybridized carbons (Fsp3) is 0.500. The van der Waals surface area contributed by atoms with Gasteiger partial charge >= 0.3 is 12.5 Å². The number of hydrogen-bond acceptors (Lipinski definition) is 6. The lowest BCUT2D eigenvalue weighted by atomic mass is 9.60. The number of likely N-dealkylation sites (N-methyl/N-ethyl adjacent to an activating group) is 1. The number of azo groups is 1. The predicted molar refractivity (Wildman–Crippen MR) is 156 cm³/mol. The predicted octanol–water partition coefficient (Wildman–Crippen LogP) is 6.39. The Balaban J connectivity index is 1.34. The summed E-state index contributed by atoms with van der Waals surface area (Å²) in [5.41, 5.74) is 2.98. The summed E-state index contributed by atoms with van der Waals surface area (Å²) in [5, 5.41) is 8.61. The molecule has 5 aliphatic rings. The van der Waals surface area contributed by atoms with Gasteiger partial charge in [-0.15, -0.1) is 0 Å². The first-order valence-corrected chi connectivity index (χ1v) is 14.5. The molecule has 0 bridgehead atoms. The molecule has 4 heterocycles. The number of allylic oxidation sites excluding steroid dienone is 1. The molecular weight excluding hydrogens is 522 g/mol. The van der Waals surface area contributed by atoms with Crippen LogP contribution in [-0.2, 0) is 10.2 Å². The van der Waals surface area contributed by atoms with Gasteiger partial charge in [-0.2, -0.15) is 0 Å². The van der Waals surface area contributed by atoms with Crippen molar-refractivity contribution in [3.63, 3.8) is 0 Å². The first kappa shape index (κ1) is 28.0. The van der Waals surface area contributed by atoms with Crippen molar-refractivity contribution in [3.05, 3.63) is 83.7 Å². The number of anilines is 1. The van der Waals surface area contributed by atoms with E-state index in [0.717, 1.165) is 62.3 Å². The quantitative estimate of drug-likeness (QED) is 0.361. The summed E-state index contributed by atoms with van der Waals surface area (Å²) >= 11 is 0. The van der Waals surface area contributed by atoms with Crippen LogP contribution in [0.3, 0.4) is 0 Å². The molecule has 2 fully saturated rings. The van der Waals surface area contributed by atoms with E-state index < -0.39 is 5.92 Å². The van der Waals surface area contributed by atoms with Gasteiger partial charge in [-0.05, 0) is 79.5 Å². The Bertz CT molecular complexity index is 1380. The molecule has 4 aliphatic heterocycles. The zero-order valence-corrected chi connectivity index (χ0v) is 24.6. The molecule has 9 heteroatoms. The highest BCUT2D eigenvalue weighted by Crippen LogP contribution is 2.54. The number of halogens is 2. The minimum atomic E-state index is -3.01. The van der Waals surface area contributed by atoms with Crippen LogP contribution in [0.1, 0.15) is 52.0 Å². The van der Waals surface area contributed by atoms with Crippen LogP contribution in [-0.4, -0.2) is 66.0 Å². The normalized spacial score (nSPS) is 29.6. The highest BCUT2D eigenvalue weighted by Gasteiger charge is 2.58. The second kappa shape index (κ2) is 10.3. The van der Waals surface area contributed by atoms with Gasteiger partial charge in [0, 0.05) is 50.3 Å². The minimum Gasteiger partial charge on any atom is -0.381 e. The Kier molecular flexibility index (Phi) is 7.01. The second-order valence-corrected chi connectivity index (χ2v) is 12.3. The van der Waals surface area contributed by atoms with Crippen LogP contribution < -0.4 is 4.90 Å². The van der Waals surface area contributed by atoms with Crippen molar-refractivity contribution >= 4 is 12.0 Å². The van der Waals surface area contributed by atoms with Gasteiger partial charge in [0.1, 0.15) is 5.82 Å². The zero-order chi connectivity index (χ0) is 29.1. The van der Waals surface area contributed by atoms with Crippen molar-refractivity contribution in [1.29, 1.82) is 0 Å². The van der Waals surface area contributed by atoms with Gasteiger partial charge in [0.05, 0.1) is 29.4 Å². The van der Waals surface area contributed by atoms with Crippen molar-refractivity contribution in [2.75, 3.05) is 32.1 Å². The molecule has 1 saturated carbocycles. The molecular formula is C32H40F2N6O+. The highest BCUT2D eigenvalue weighted by molar-refractivity contribution is 5.65. The molecule has 0 unspecified atom stereocenters. The molecule has 2 atom stereocenters. The third-order valence-electron chi connectivity index (χ3n) is 9.43. The Morgan fingerprint density at radius 3 is 2.66 bits per heavy atom. The van der Waals surface area contributed by atoms with E-state index in [9.17, 15) is 0 Å². The van der Waals surface area contributed by atoms with E-state index in [2.05, 4.69) is 47.7 Å². The van der Waals surface area contributed by atoms with Crippen molar-refractivity contribution in [3.8, 4) is 0 Å². The molecule has 0 amide bonds. The van der Waals surface area contributed by atoms with Crippen LogP contribution in [0, 0.1) is 12.1 Å². The molecule has 7 nitrogen and oxygen atoms in total. The maximum Gasteiger partial charge on any atom is 0.317 e. The first-order chi connectivity index (χ1) is 19.5. The molecule has 1 aromatic rings. The molecule has 41 heavy (non-hydrogen) atoms. The summed E-state index contributed by atoms with van der Waals surface area (Å²) in [6, 6.07) is 8.26. The van der Waals surface area contributed by atoms with Crippen LogP contribution >= 0.6 is 0 Å². The third-order valence-corrected chi connectivity index (χ3v) is 9.43. The SMILES string of the molecule is C=C1N2C=C([C@@H](C)N3CCC[C@H](C)C3)C=C(C(C)(F)F)C2=CN1c1cccc(C2([C]3N=NC=[N+]3C)CC(OC)C2)c1. The summed E-state index contributed by atoms with van der Waals surface area (Å²) in [4.78, 5) is 6.16. The van der Waals surface area contributed by atoms with Crippen molar-refractivity contribution < 1.29 is 18.1 Å². The minimum absolute atomic E-state index is 0.0178. The number of benzene rings is 1. The summed E-state index contributed by atoms with van der Waals surface area (Å²) in [7, 11) is 3.70. The summed E-state index contributed by atoms with van der Waals surface area (Å²) in [6.45, 7) is 11.7.